The lowest BCUT2D eigenvalue weighted by Crippen LogP contribution is -2.36. The van der Waals surface area contributed by atoms with Gasteiger partial charge in [-0.2, -0.15) is 0 Å². The van der Waals surface area contributed by atoms with Gasteiger partial charge in [0.1, 0.15) is 6.26 Å². The second-order valence-corrected chi connectivity index (χ2v) is 5.96. The molecule has 0 aromatic carbocycles. The number of carbonyl (C=O) groups excluding carboxylic acids is 2. The molecule has 1 N–H and O–H groups in total. The van der Waals surface area contributed by atoms with E-state index in [2.05, 4.69) is 12.2 Å². The molecule has 0 atom stereocenters. The fraction of sp³-hybridized carbons (Fsp3) is 0.647. The normalized spacial score (nSPS) is 13.9. The van der Waals surface area contributed by atoms with Crippen molar-refractivity contribution < 1.29 is 14.0 Å². The van der Waals surface area contributed by atoms with Gasteiger partial charge in [0.2, 0.25) is 5.91 Å². The number of unbranched alkanes of at least 4 members (excludes halogenated alkanes) is 3. The number of nitrogens with one attached hydrogen (secondary N) is 1. The Balaban J connectivity index is 1.82. The number of hydrogen-bond donors (Lipinski definition) is 1. The molecule has 5 nitrogen and oxygen atoms in total. The molecule has 1 aliphatic rings. The largest absolute Gasteiger partial charge is 0.472 e. The molecule has 0 bridgehead atoms. The zero-order valence-electron chi connectivity index (χ0n) is 13.3. The summed E-state index contributed by atoms with van der Waals surface area (Å²) in [7, 11) is 0. The van der Waals surface area contributed by atoms with E-state index in [1.165, 1.54) is 25.4 Å². The summed E-state index contributed by atoms with van der Waals surface area (Å²) in [5.41, 5.74) is 0.554. The van der Waals surface area contributed by atoms with Crippen molar-refractivity contribution in [3.05, 3.63) is 24.2 Å². The Morgan fingerprint density at radius 1 is 1.27 bits per heavy atom. The third kappa shape index (κ3) is 5.54. The smallest absolute Gasteiger partial charge is 0.257 e. The fourth-order valence-electron chi connectivity index (χ4n) is 2.38. The molecule has 0 unspecified atom stereocenters. The summed E-state index contributed by atoms with van der Waals surface area (Å²) in [6, 6.07) is 2.04. The Hall–Kier alpha value is -1.78. The van der Waals surface area contributed by atoms with Crippen molar-refractivity contribution in [2.75, 3.05) is 13.1 Å². The topological polar surface area (TPSA) is 62.6 Å². The third-order valence-electron chi connectivity index (χ3n) is 3.89. The maximum absolute atomic E-state index is 12.5. The van der Waals surface area contributed by atoms with Crippen LogP contribution in [0.3, 0.4) is 0 Å². The summed E-state index contributed by atoms with van der Waals surface area (Å²) in [5, 5.41) is 2.96. The molecule has 0 aliphatic heterocycles. The highest BCUT2D eigenvalue weighted by Crippen LogP contribution is 2.18. The van der Waals surface area contributed by atoms with Crippen LogP contribution in [0, 0.1) is 0 Å². The van der Waals surface area contributed by atoms with E-state index in [-0.39, 0.29) is 11.8 Å². The van der Waals surface area contributed by atoms with Crippen LogP contribution >= 0.6 is 0 Å². The van der Waals surface area contributed by atoms with Crippen molar-refractivity contribution in [1.82, 2.24) is 10.2 Å². The highest BCUT2D eigenvalue weighted by Gasteiger charge is 2.24. The predicted molar refractivity (Wildman–Crippen MR) is 84.5 cm³/mol. The zero-order chi connectivity index (χ0) is 15.8. The lowest BCUT2D eigenvalue weighted by atomic mass is 10.2. The SMILES string of the molecule is CCCCCCN(CCC(=O)NC1CC1)C(=O)c1ccoc1. The Kier molecular flexibility index (Phi) is 6.49. The van der Waals surface area contributed by atoms with Crippen LogP contribution in [0.15, 0.2) is 23.0 Å². The standard InChI is InChI=1S/C17H26N2O3/c1-2-3-4-5-10-19(17(21)14-9-12-22-13-14)11-8-16(20)18-15-6-7-15/h9,12-13,15H,2-8,10-11H2,1H3,(H,18,20). The van der Waals surface area contributed by atoms with E-state index in [4.69, 9.17) is 4.42 Å². The van der Waals surface area contributed by atoms with Crippen LogP contribution in [0.25, 0.3) is 0 Å². The number of amides is 2. The Morgan fingerprint density at radius 2 is 2.09 bits per heavy atom. The van der Waals surface area contributed by atoms with Crippen LogP contribution in [0.2, 0.25) is 0 Å². The van der Waals surface area contributed by atoms with Gasteiger partial charge in [0.05, 0.1) is 11.8 Å². The summed E-state index contributed by atoms with van der Waals surface area (Å²) >= 11 is 0. The Bertz CT molecular complexity index is 466. The monoisotopic (exact) mass is 306 g/mol. The molecule has 0 spiro atoms. The first-order valence-corrected chi connectivity index (χ1v) is 8.31. The first-order valence-electron chi connectivity index (χ1n) is 8.31. The number of hydrogen-bond acceptors (Lipinski definition) is 3. The van der Waals surface area contributed by atoms with E-state index < -0.39 is 0 Å². The lowest BCUT2D eigenvalue weighted by Gasteiger charge is -2.22. The number of rotatable bonds is 10. The first-order chi connectivity index (χ1) is 10.7. The molecule has 1 aliphatic carbocycles. The summed E-state index contributed by atoms with van der Waals surface area (Å²) in [6.07, 6.45) is 9.93. The van der Waals surface area contributed by atoms with Crippen LogP contribution in [0.4, 0.5) is 0 Å². The van der Waals surface area contributed by atoms with E-state index >= 15 is 0 Å². The second kappa shape index (κ2) is 8.61. The molecule has 5 heteroatoms. The van der Waals surface area contributed by atoms with Gasteiger partial charge in [-0.05, 0) is 25.3 Å². The molecule has 2 amide bonds. The average Bonchev–Trinajstić information content (AvgIpc) is 3.15. The highest BCUT2D eigenvalue weighted by atomic mass is 16.3. The van der Waals surface area contributed by atoms with Gasteiger partial charge in [-0.25, -0.2) is 0 Å². The average molecular weight is 306 g/mol. The van der Waals surface area contributed by atoms with Crippen molar-refractivity contribution in [2.45, 2.75) is 57.9 Å². The number of nitrogens with zero attached hydrogens (tertiary/aromatic N) is 1. The van der Waals surface area contributed by atoms with Gasteiger partial charge in [0.25, 0.3) is 5.91 Å². The van der Waals surface area contributed by atoms with Gasteiger partial charge in [-0.3, -0.25) is 9.59 Å². The third-order valence-corrected chi connectivity index (χ3v) is 3.89. The lowest BCUT2D eigenvalue weighted by molar-refractivity contribution is -0.121. The zero-order valence-corrected chi connectivity index (χ0v) is 13.3. The Labute approximate surface area is 132 Å². The van der Waals surface area contributed by atoms with Crippen LogP contribution in [0.5, 0.6) is 0 Å². The number of carbonyl (C=O) groups is 2. The molecule has 1 heterocycles. The van der Waals surface area contributed by atoms with Crippen molar-refractivity contribution in [1.29, 1.82) is 0 Å². The van der Waals surface area contributed by atoms with Gasteiger partial charge in [0.15, 0.2) is 0 Å². The van der Waals surface area contributed by atoms with E-state index in [1.54, 1.807) is 11.0 Å². The van der Waals surface area contributed by atoms with Gasteiger partial charge >= 0.3 is 0 Å². The van der Waals surface area contributed by atoms with Crippen molar-refractivity contribution in [3.63, 3.8) is 0 Å². The van der Waals surface area contributed by atoms with Crippen molar-refractivity contribution >= 4 is 11.8 Å². The summed E-state index contributed by atoms with van der Waals surface area (Å²) in [6.45, 7) is 3.33. The van der Waals surface area contributed by atoms with E-state index in [9.17, 15) is 9.59 Å². The predicted octanol–water partition coefficient (Wildman–Crippen LogP) is 2.97. The summed E-state index contributed by atoms with van der Waals surface area (Å²) in [5.74, 6) is -0.00878. The molecule has 0 radical (unpaired) electrons. The molecular weight excluding hydrogens is 280 g/mol. The molecule has 1 saturated carbocycles. The summed E-state index contributed by atoms with van der Waals surface area (Å²) < 4.78 is 4.99. The van der Waals surface area contributed by atoms with Gasteiger partial charge < -0.3 is 14.6 Å². The maximum Gasteiger partial charge on any atom is 0.257 e. The molecule has 1 aromatic rings. The van der Waals surface area contributed by atoms with Gasteiger partial charge in [0, 0.05) is 25.6 Å². The molecule has 2 rings (SSSR count). The Morgan fingerprint density at radius 3 is 2.73 bits per heavy atom. The van der Waals surface area contributed by atoms with Crippen LogP contribution in [-0.2, 0) is 4.79 Å². The van der Waals surface area contributed by atoms with Crippen molar-refractivity contribution in [2.24, 2.45) is 0 Å². The molecule has 122 valence electrons. The molecule has 0 saturated heterocycles. The van der Waals surface area contributed by atoms with Crippen LogP contribution < -0.4 is 5.32 Å². The minimum atomic E-state index is -0.0514. The van der Waals surface area contributed by atoms with E-state index in [0.29, 0.717) is 31.1 Å². The molecule has 22 heavy (non-hydrogen) atoms. The highest BCUT2D eigenvalue weighted by molar-refractivity contribution is 5.94. The molecule has 1 fully saturated rings. The fourth-order valence-corrected chi connectivity index (χ4v) is 2.38. The van der Waals surface area contributed by atoms with Gasteiger partial charge in [-0.15, -0.1) is 0 Å². The maximum atomic E-state index is 12.5. The molecular formula is C17H26N2O3. The van der Waals surface area contributed by atoms with Crippen LogP contribution in [0.1, 0.15) is 62.2 Å². The minimum Gasteiger partial charge on any atom is -0.472 e. The second-order valence-electron chi connectivity index (χ2n) is 5.96. The summed E-state index contributed by atoms with van der Waals surface area (Å²) in [4.78, 5) is 26.0. The van der Waals surface area contributed by atoms with Gasteiger partial charge in [-0.1, -0.05) is 26.2 Å². The minimum absolute atomic E-state index is 0.0426. The van der Waals surface area contributed by atoms with Crippen LogP contribution in [-0.4, -0.2) is 35.8 Å². The number of furan rings is 1. The quantitative estimate of drug-likeness (QED) is 0.676. The van der Waals surface area contributed by atoms with E-state index in [0.717, 1.165) is 25.7 Å². The first kappa shape index (κ1) is 16.6. The molecule has 1 aromatic heterocycles. The van der Waals surface area contributed by atoms with Crippen molar-refractivity contribution in [3.8, 4) is 0 Å². The van der Waals surface area contributed by atoms with E-state index in [1.807, 2.05) is 0 Å².